The van der Waals surface area contributed by atoms with Gasteiger partial charge < -0.3 is 30.0 Å². The molecule has 0 fully saturated rings. The van der Waals surface area contributed by atoms with Crippen LogP contribution < -0.4 is 69.3 Å². The number of aromatic carboxylic acids is 4. The molecule has 10 heteroatoms. The molecule has 0 radical (unpaired) electrons. The molecule has 0 spiro atoms. The Labute approximate surface area is 192 Å². The third kappa shape index (κ3) is 8.13. The van der Waals surface area contributed by atoms with Crippen molar-refractivity contribution in [3.05, 3.63) is 70.8 Å². The number of hydrogen-bond donors (Lipinski definition) is 2. The van der Waals surface area contributed by atoms with E-state index in [1.54, 1.807) is 0 Å². The van der Waals surface area contributed by atoms with Gasteiger partial charge in [0.25, 0.3) is 0 Å². The standard InChI is InChI=1S/2C8H6O4.2Na/c9-7(10)5-2-1-3-6(4-5)8(11)12;9-7(10)5-3-1-2-4-6(5)8(11)12;;/h2*1-4H,(H,9,10)(H,11,12);;/q;;2*+1/p-2. The molecule has 2 N–H and O–H groups in total. The van der Waals surface area contributed by atoms with Crippen molar-refractivity contribution in [2.24, 2.45) is 0 Å². The molecule has 0 bridgehead atoms. The van der Waals surface area contributed by atoms with Crippen molar-refractivity contribution in [3.63, 3.8) is 0 Å². The average Bonchev–Trinajstić information content (AvgIpc) is 2.55. The Kier molecular flexibility index (Phi) is 12.9. The van der Waals surface area contributed by atoms with Crippen molar-refractivity contribution in [3.8, 4) is 0 Å². The van der Waals surface area contributed by atoms with E-state index in [1.807, 2.05) is 0 Å². The second-order valence-electron chi connectivity index (χ2n) is 4.31. The van der Waals surface area contributed by atoms with Crippen molar-refractivity contribution < 1.29 is 98.7 Å². The van der Waals surface area contributed by atoms with Gasteiger partial charge in [-0.15, -0.1) is 0 Å². The Morgan fingerprint density at radius 1 is 0.654 bits per heavy atom. The van der Waals surface area contributed by atoms with E-state index < -0.39 is 23.9 Å². The molecule has 0 saturated heterocycles. The van der Waals surface area contributed by atoms with E-state index in [2.05, 4.69) is 0 Å². The van der Waals surface area contributed by atoms with Crippen LogP contribution in [0.15, 0.2) is 48.5 Å². The predicted molar refractivity (Wildman–Crippen MR) is 75.5 cm³/mol. The molecule has 2 aromatic carbocycles. The van der Waals surface area contributed by atoms with Gasteiger partial charge >= 0.3 is 71.1 Å². The minimum absolute atomic E-state index is 0. The Hall–Kier alpha value is -1.68. The minimum Gasteiger partial charge on any atom is -0.545 e. The van der Waals surface area contributed by atoms with E-state index in [1.165, 1.54) is 42.5 Å². The molecule has 0 heterocycles. The molecule has 0 atom stereocenters. The number of carbonyl (C=O) groups is 4. The summed E-state index contributed by atoms with van der Waals surface area (Å²) in [7, 11) is 0. The summed E-state index contributed by atoms with van der Waals surface area (Å²) >= 11 is 0. The molecule has 8 nitrogen and oxygen atoms in total. The van der Waals surface area contributed by atoms with Gasteiger partial charge in [-0.1, -0.05) is 30.3 Å². The fraction of sp³-hybridized carbons (Fsp3) is 0. The fourth-order valence-corrected chi connectivity index (χ4v) is 1.63. The SMILES string of the molecule is O=C(O)c1ccccc1C(=O)O.O=C([O-])c1cccc(C(=O)[O-])c1.[Na+].[Na+]. The van der Waals surface area contributed by atoms with Crippen LogP contribution in [0.25, 0.3) is 0 Å². The Balaban J connectivity index is 0. The van der Waals surface area contributed by atoms with Crippen molar-refractivity contribution in [1.29, 1.82) is 0 Å². The second kappa shape index (κ2) is 12.6. The molecule has 0 aliphatic carbocycles. The Bertz CT molecular complexity index is 742. The van der Waals surface area contributed by atoms with E-state index >= 15 is 0 Å². The summed E-state index contributed by atoms with van der Waals surface area (Å²) in [6.07, 6.45) is 0. The first-order valence-corrected chi connectivity index (χ1v) is 6.32. The predicted octanol–water partition coefficient (Wildman–Crippen LogP) is -6.50. The van der Waals surface area contributed by atoms with Crippen LogP contribution in [0, 0.1) is 0 Å². The van der Waals surface area contributed by atoms with Gasteiger partial charge in [0.05, 0.1) is 23.1 Å². The zero-order valence-corrected chi connectivity index (χ0v) is 18.0. The molecule has 124 valence electrons. The van der Waals surface area contributed by atoms with Crippen LogP contribution in [-0.4, -0.2) is 34.1 Å². The van der Waals surface area contributed by atoms with Crippen LogP contribution in [0.5, 0.6) is 0 Å². The summed E-state index contributed by atoms with van der Waals surface area (Å²) in [5.41, 5.74) is -0.719. The quantitative estimate of drug-likeness (QED) is 0.499. The molecule has 0 unspecified atom stereocenters. The number of carboxylic acid groups (broad SMARTS) is 4. The van der Waals surface area contributed by atoms with Gasteiger partial charge in [-0.05, 0) is 29.3 Å². The van der Waals surface area contributed by atoms with Crippen LogP contribution >= 0.6 is 0 Å². The maximum Gasteiger partial charge on any atom is 1.00 e. The number of hydrogen-bond acceptors (Lipinski definition) is 6. The van der Waals surface area contributed by atoms with E-state index in [9.17, 15) is 29.4 Å². The van der Waals surface area contributed by atoms with Crippen molar-refractivity contribution in [1.82, 2.24) is 0 Å². The van der Waals surface area contributed by atoms with Gasteiger partial charge in [0, 0.05) is 0 Å². The molecule has 0 saturated carbocycles. The van der Waals surface area contributed by atoms with Gasteiger partial charge in [-0.25, -0.2) is 9.59 Å². The first kappa shape index (κ1) is 26.5. The topological polar surface area (TPSA) is 155 Å². The van der Waals surface area contributed by atoms with E-state index in [-0.39, 0.29) is 81.4 Å². The Morgan fingerprint density at radius 2 is 1.00 bits per heavy atom. The Morgan fingerprint density at radius 3 is 1.27 bits per heavy atom. The number of benzene rings is 2. The molecule has 0 amide bonds. The summed E-state index contributed by atoms with van der Waals surface area (Å²) in [4.78, 5) is 41.4. The fourth-order valence-electron chi connectivity index (χ4n) is 1.63. The van der Waals surface area contributed by atoms with E-state index in [0.717, 1.165) is 6.07 Å². The molecule has 2 rings (SSSR count). The molecular formula is C16H10Na2O8. The summed E-state index contributed by atoms with van der Waals surface area (Å²) in [6.45, 7) is 0. The second-order valence-corrected chi connectivity index (χ2v) is 4.31. The number of carboxylic acids is 4. The maximum absolute atomic E-state index is 10.5. The first-order valence-electron chi connectivity index (χ1n) is 6.32. The van der Waals surface area contributed by atoms with Gasteiger partial charge in [-0.2, -0.15) is 0 Å². The van der Waals surface area contributed by atoms with Crippen molar-refractivity contribution in [2.75, 3.05) is 0 Å². The van der Waals surface area contributed by atoms with Gasteiger partial charge in [0.2, 0.25) is 0 Å². The van der Waals surface area contributed by atoms with Crippen LogP contribution in [0.2, 0.25) is 0 Å². The van der Waals surface area contributed by atoms with Crippen molar-refractivity contribution >= 4 is 23.9 Å². The van der Waals surface area contributed by atoms with Crippen LogP contribution in [0.3, 0.4) is 0 Å². The van der Waals surface area contributed by atoms with Gasteiger partial charge in [0.15, 0.2) is 0 Å². The zero-order chi connectivity index (χ0) is 18.3. The van der Waals surface area contributed by atoms with E-state index in [4.69, 9.17) is 10.2 Å². The molecule has 2 aromatic rings. The number of carbonyl (C=O) groups excluding carboxylic acids is 2. The number of rotatable bonds is 4. The monoisotopic (exact) mass is 376 g/mol. The molecule has 0 aliphatic rings. The molecule has 0 aliphatic heterocycles. The largest absolute Gasteiger partial charge is 1.00 e. The first-order chi connectivity index (χ1) is 11.2. The summed E-state index contributed by atoms with van der Waals surface area (Å²) in [5, 5.41) is 37.6. The minimum atomic E-state index is -1.40. The smallest absolute Gasteiger partial charge is 0.545 e. The third-order valence-electron chi connectivity index (χ3n) is 2.72. The van der Waals surface area contributed by atoms with Crippen molar-refractivity contribution in [2.45, 2.75) is 0 Å². The molecular weight excluding hydrogens is 366 g/mol. The zero-order valence-electron chi connectivity index (χ0n) is 14.0. The van der Waals surface area contributed by atoms with Gasteiger partial charge in [-0.3, -0.25) is 0 Å². The van der Waals surface area contributed by atoms with Gasteiger partial charge in [0.1, 0.15) is 0 Å². The molecule has 26 heavy (non-hydrogen) atoms. The normalized spacial score (nSPS) is 8.62. The summed E-state index contributed by atoms with van der Waals surface area (Å²) in [5.74, 6) is -5.27. The summed E-state index contributed by atoms with van der Waals surface area (Å²) in [6, 6.07) is 10.3. The van der Waals surface area contributed by atoms with Crippen LogP contribution in [-0.2, 0) is 0 Å². The molecule has 0 aromatic heterocycles. The summed E-state index contributed by atoms with van der Waals surface area (Å²) < 4.78 is 0. The average molecular weight is 376 g/mol. The van der Waals surface area contributed by atoms with Crippen LogP contribution in [0.4, 0.5) is 0 Å². The third-order valence-corrected chi connectivity index (χ3v) is 2.72. The van der Waals surface area contributed by atoms with E-state index in [0.29, 0.717) is 0 Å². The van der Waals surface area contributed by atoms with Crippen LogP contribution in [0.1, 0.15) is 41.4 Å². The maximum atomic E-state index is 10.5.